The van der Waals surface area contributed by atoms with Crippen molar-refractivity contribution in [2.45, 2.75) is 6.42 Å². The van der Waals surface area contributed by atoms with Crippen LogP contribution in [0.2, 0.25) is 5.15 Å². The number of nitrogens with zero attached hydrogens (tertiary/aromatic N) is 4. The van der Waals surface area contributed by atoms with E-state index in [9.17, 15) is 8.78 Å². The molecule has 28 heavy (non-hydrogen) atoms. The molecule has 0 aliphatic carbocycles. The summed E-state index contributed by atoms with van der Waals surface area (Å²) in [7, 11) is 1.74. The van der Waals surface area contributed by atoms with Gasteiger partial charge in [0, 0.05) is 52.0 Å². The lowest BCUT2D eigenvalue weighted by molar-refractivity contribution is 0.371. The highest BCUT2D eigenvalue weighted by Gasteiger charge is 2.21. The van der Waals surface area contributed by atoms with Crippen LogP contribution in [-0.2, 0) is 6.42 Å². The highest BCUT2D eigenvalue weighted by atomic mass is 127. The number of halogens is 4. The predicted octanol–water partition coefficient (Wildman–Crippen LogP) is 3.57. The molecule has 0 saturated carbocycles. The van der Waals surface area contributed by atoms with Gasteiger partial charge in [-0.1, -0.05) is 17.7 Å². The number of anilines is 1. The van der Waals surface area contributed by atoms with Crippen LogP contribution in [-0.4, -0.2) is 55.6 Å². The molecule has 1 aromatic carbocycles. The Labute approximate surface area is 185 Å². The van der Waals surface area contributed by atoms with Crippen molar-refractivity contribution in [1.29, 1.82) is 0 Å². The number of benzene rings is 1. The standard InChI is InChI=1S/C19H22ClF2N5.HI/c1-23-19(24-7-6-14-2-5-18(20)25-13-14)27-10-8-26(9-11-27)17-12-15(21)3-4-16(17)22;/h2-5,12-13H,6-11H2,1H3,(H,23,24);1H. The fraction of sp³-hybridized carbons (Fsp3) is 0.368. The van der Waals surface area contributed by atoms with Gasteiger partial charge in [0.1, 0.15) is 16.8 Å². The summed E-state index contributed by atoms with van der Waals surface area (Å²) in [6.07, 6.45) is 2.57. The van der Waals surface area contributed by atoms with Crippen LogP contribution in [0.1, 0.15) is 5.56 Å². The topological polar surface area (TPSA) is 43.8 Å². The predicted molar refractivity (Wildman–Crippen MR) is 120 cm³/mol. The summed E-state index contributed by atoms with van der Waals surface area (Å²) in [4.78, 5) is 12.4. The Morgan fingerprint density at radius 1 is 1.18 bits per heavy atom. The Bertz CT molecular complexity index is 795. The minimum absolute atomic E-state index is 0. The van der Waals surface area contributed by atoms with E-state index in [-0.39, 0.29) is 24.0 Å². The lowest BCUT2D eigenvalue weighted by atomic mass is 10.2. The van der Waals surface area contributed by atoms with Crippen LogP contribution in [0.5, 0.6) is 0 Å². The molecule has 0 atom stereocenters. The van der Waals surface area contributed by atoms with E-state index >= 15 is 0 Å². The molecule has 0 amide bonds. The fourth-order valence-electron chi connectivity index (χ4n) is 3.09. The van der Waals surface area contributed by atoms with Crippen molar-refractivity contribution in [2.75, 3.05) is 44.7 Å². The number of guanidine groups is 1. The number of hydrogen-bond acceptors (Lipinski definition) is 3. The Morgan fingerprint density at radius 3 is 2.57 bits per heavy atom. The minimum Gasteiger partial charge on any atom is -0.366 e. The van der Waals surface area contributed by atoms with E-state index in [1.54, 1.807) is 19.3 Å². The number of rotatable bonds is 4. The van der Waals surface area contributed by atoms with Crippen LogP contribution in [0.15, 0.2) is 41.5 Å². The van der Waals surface area contributed by atoms with Crippen LogP contribution >= 0.6 is 35.6 Å². The Kier molecular flexibility index (Phi) is 8.68. The Balaban J connectivity index is 0.00000280. The van der Waals surface area contributed by atoms with Gasteiger partial charge in [0.2, 0.25) is 0 Å². The van der Waals surface area contributed by atoms with Crippen molar-refractivity contribution in [3.8, 4) is 0 Å². The molecular formula is C19H23ClF2IN5. The Morgan fingerprint density at radius 2 is 1.93 bits per heavy atom. The summed E-state index contributed by atoms with van der Waals surface area (Å²) in [6, 6.07) is 7.28. The van der Waals surface area contributed by atoms with Crippen LogP contribution in [0, 0.1) is 11.6 Å². The maximum absolute atomic E-state index is 14.0. The quantitative estimate of drug-likeness (QED) is 0.289. The number of piperazine rings is 1. The molecule has 2 aromatic rings. The summed E-state index contributed by atoms with van der Waals surface area (Å²) in [5.74, 6) is -0.0248. The van der Waals surface area contributed by atoms with Crippen LogP contribution in [0.3, 0.4) is 0 Å². The third-order valence-electron chi connectivity index (χ3n) is 4.53. The molecule has 0 radical (unpaired) electrons. The van der Waals surface area contributed by atoms with Gasteiger partial charge in [0.15, 0.2) is 5.96 Å². The summed E-state index contributed by atoms with van der Waals surface area (Å²) < 4.78 is 27.4. The summed E-state index contributed by atoms with van der Waals surface area (Å²) >= 11 is 5.79. The van der Waals surface area contributed by atoms with Crippen molar-refractivity contribution >= 4 is 47.2 Å². The Hall–Kier alpha value is -1.68. The van der Waals surface area contributed by atoms with E-state index in [4.69, 9.17) is 11.6 Å². The smallest absolute Gasteiger partial charge is 0.193 e. The zero-order valence-corrected chi connectivity index (χ0v) is 18.6. The molecule has 1 aliphatic rings. The third-order valence-corrected chi connectivity index (χ3v) is 4.75. The molecule has 1 N–H and O–H groups in total. The van der Waals surface area contributed by atoms with Gasteiger partial charge in [-0.15, -0.1) is 24.0 Å². The molecule has 0 spiro atoms. The molecule has 152 valence electrons. The number of pyridine rings is 1. The van der Waals surface area contributed by atoms with Crippen LogP contribution in [0.4, 0.5) is 14.5 Å². The minimum atomic E-state index is -0.428. The molecule has 9 heteroatoms. The second kappa shape index (κ2) is 10.8. The third kappa shape index (κ3) is 5.91. The molecule has 0 bridgehead atoms. The van der Waals surface area contributed by atoms with E-state index in [2.05, 4.69) is 20.2 Å². The fourth-order valence-corrected chi connectivity index (χ4v) is 3.20. The van der Waals surface area contributed by atoms with Gasteiger partial charge in [-0.2, -0.15) is 0 Å². The van der Waals surface area contributed by atoms with Gasteiger partial charge in [-0.3, -0.25) is 4.99 Å². The number of aliphatic imine (C=N–C) groups is 1. The number of nitrogens with one attached hydrogen (secondary N) is 1. The zero-order valence-electron chi connectivity index (χ0n) is 15.5. The van der Waals surface area contributed by atoms with Crippen LogP contribution in [0.25, 0.3) is 0 Å². The van der Waals surface area contributed by atoms with Gasteiger partial charge >= 0.3 is 0 Å². The van der Waals surface area contributed by atoms with Crippen molar-refractivity contribution in [2.24, 2.45) is 4.99 Å². The van der Waals surface area contributed by atoms with E-state index in [1.807, 2.05) is 11.0 Å². The lowest BCUT2D eigenvalue weighted by Gasteiger charge is -2.37. The van der Waals surface area contributed by atoms with Crippen LogP contribution < -0.4 is 10.2 Å². The van der Waals surface area contributed by atoms with E-state index in [0.717, 1.165) is 24.0 Å². The second-order valence-electron chi connectivity index (χ2n) is 6.28. The van der Waals surface area contributed by atoms with E-state index in [0.29, 0.717) is 43.6 Å². The maximum Gasteiger partial charge on any atom is 0.193 e. The average molecular weight is 522 g/mol. The monoisotopic (exact) mass is 521 g/mol. The molecule has 1 aliphatic heterocycles. The molecule has 0 unspecified atom stereocenters. The maximum atomic E-state index is 14.0. The number of aromatic nitrogens is 1. The molecular weight excluding hydrogens is 499 g/mol. The second-order valence-corrected chi connectivity index (χ2v) is 6.67. The first-order chi connectivity index (χ1) is 13.1. The lowest BCUT2D eigenvalue weighted by Crippen LogP contribution is -2.53. The largest absolute Gasteiger partial charge is 0.366 e. The summed E-state index contributed by atoms with van der Waals surface area (Å²) in [6.45, 7) is 3.27. The normalized spacial score (nSPS) is 14.6. The van der Waals surface area contributed by atoms with Gasteiger partial charge in [0.25, 0.3) is 0 Å². The van der Waals surface area contributed by atoms with Crippen molar-refractivity contribution in [3.05, 3.63) is 58.9 Å². The molecule has 2 heterocycles. The first-order valence-electron chi connectivity index (χ1n) is 8.83. The SMILES string of the molecule is CN=C(NCCc1ccc(Cl)nc1)N1CCN(c2cc(F)ccc2F)CC1.I. The van der Waals surface area contributed by atoms with Gasteiger partial charge < -0.3 is 15.1 Å². The molecule has 3 rings (SSSR count). The molecule has 1 saturated heterocycles. The van der Waals surface area contributed by atoms with E-state index < -0.39 is 11.6 Å². The molecule has 1 fully saturated rings. The highest BCUT2D eigenvalue weighted by Crippen LogP contribution is 2.21. The zero-order chi connectivity index (χ0) is 19.2. The summed E-state index contributed by atoms with van der Waals surface area (Å²) in [5.41, 5.74) is 1.40. The van der Waals surface area contributed by atoms with Gasteiger partial charge in [-0.25, -0.2) is 13.8 Å². The van der Waals surface area contributed by atoms with Crippen molar-refractivity contribution in [3.63, 3.8) is 0 Å². The number of hydrogen-bond donors (Lipinski definition) is 1. The first-order valence-corrected chi connectivity index (χ1v) is 9.20. The van der Waals surface area contributed by atoms with Crippen molar-refractivity contribution in [1.82, 2.24) is 15.2 Å². The molecule has 1 aromatic heterocycles. The average Bonchev–Trinajstić information content (AvgIpc) is 2.69. The van der Waals surface area contributed by atoms with E-state index in [1.165, 1.54) is 12.1 Å². The van der Waals surface area contributed by atoms with Gasteiger partial charge in [0.05, 0.1) is 5.69 Å². The highest BCUT2D eigenvalue weighted by molar-refractivity contribution is 14.0. The summed E-state index contributed by atoms with van der Waals surface area (Å²) in [5, 5.41) is 3.82. The first kappa shape index (κ1) is 22.6. The van der Waals surface area contributed by atoms with Gasteiger partial charge in [-0.05, 0) is 30.2 Å². The van der Waals surface area contributed by atoms with Crippen molar-refractivity contribution < 1.29 is 8.78 Å². The molecule has 5 nitrogen and oxygen atoms in total.